The number of nitrogens with one attached hydrogen (secondary N) is 1. The number of halogens is 2. The molecule has 2 heterocycles. The van der Waals surface area contributed by atoms with E-state index >= 15 is 0 Å². The van der Waals surface area contributed by atoms with Crippen molar-refractivity contribution in [3.8, 4) is 11.5 Å². The van der Waals surface area contributed by atoms with Gasteiger partial charge in [-0.2, -0.15) is 0 Å². The van der Waals surface area contributed by atoms with E-state index in [1.807, 2.05) is 19.1 Å². The fraction of sp³-hybridized carbons (Fsp3) is 0.556. The van der Waals surface area contributed by atoms with Crippen molar-refractivity contribution in [3.05, 3.63) is 22.2 Å². The van der Waals surface area contributed by atoms with Crippen LogP contribution in [0, 0.1) is 11.8 Å². The number of rotatable bonds is 4. The summed E-state index contributed by atoms with van der Waals surface area (Å²) < 4.78 is 16.7. The van der Waals surface area contributed by atoms with Crippen LogP contribution in [0.3, 0.4) is 0 Å². The predicted octanol–water partition coefficient (Wildman–Crippen LogP) is 3.00. The van der Waals surface area contributed by atoms with Gasteiger partial charge in [-0.15, -0.1) is 24.0 Å². The maximum atomic E-state index is 11.9. The lowest BCUT2D eigenvalue weighted by Crippen LogP contribution is -2.40. The van der Waals surface area contributed by atoms with E-state index in [2.05, 4.69) is 33.1 Å². The van der Waals surface area contributed by atoms with Crippen molar-refractivity contribution < 1.29 is 19.0 Å². The molecule has 27 heavy (non-hydrogen) atoms. The molecule has 0 spiro atoms. The van der Waals surface area contributed by atoms with Gasteiger partial charge in [-0.05, 0) is 46.5 Å². The Morgan fingerprint density at radius 2 is 2.19 bits per heavy atom. The Morgan fingerprint density at radius 1 is 1.41 bits per heavy atom. The highest BCUT2D eigenvalue weighted by Gasteiger charge is 2.36. The van der Waals surface area contributed by atoms with Crippen molar-refractivity contribution in [2.24, 2.45) is 16.8 Å². The van der Waals surface area contributed by atoms with Crippen LogP contribution in [0.1, 0.15) is 19.4 Å². The quantitative estimate of drug-likeness (QED) is 0.267. The van der Waals surface area contributed by atoms with Crippen LogP contribution >= 0.6 is 39.9 Å². The van der Waals surface area contributed by atoms with Gasteiger partial charge in [0.1, 0.15) is 0 Å². The first-order valence-corrected chi connectivity index (χ1v) is 9.51. The predicted molar refractivity (Wildman–Crippen MR) is 117 cm³/mol. The maximum Gasteiger partial charge on any atom is 0.310 e. The van der Waals surface area contributed by atoms with Crippen molar-refractivity contribution >= 4 is 51.8 Å². The summed E-state index contributed by atoms with van der Waals surface area (Å²) in [7, 11) is 1.44. The molecule has 2 aliphatic heterocycles. The lowest BCUT2D eigenvalue weighted by molar-refractivity contribution is -0.145. The van der Waals surface area contributed by atoms with Crippen molar-refractivity contribution in [1.82, 2.24) is 10.2 Å². The summed E-state index contributed by atoms with van der Waals surface area (Å²) in [6.45, 7) is 7.00. The number of methoxy groups -OCH3 is 1. The number of hydrogen-bond donors (Lipinski definition) is 1. The van der Waals surface area contributed by atoms with E-state index in [1.165, 1.54) is 7.11 Å². The second-order valence-electron chi connectivity index (χ2n) is 6.49. The number of ether oxygens (including phenoxy) is 3. The number of benzene rings is 1. The Balaban J connectivity index is 0.00000261. The molecule has 0 aromatic heterocycles. The molecule has 2 unspecified atom stereocenters. The number of nitrogens with zero attached hydrogens (tertiary/aromatic N) is 2. The lowest BCUT2D eigenvalue weighted by Gasteiger charge is -2.21. The number of esters is 1. The van der Waals surface area contributed by atoms with Crippen LogP contribution in [-0.4, -0.2) is 50.4 Å². The molecule has 1 N–H and O–H groups in total. The van der Waals surface area contributed by atoms with Crippen molar-refractivity contribution in [2.45, 2.75) is 20.4 Å². The van der Waals surface area contributed by atoms with Gasteiger partial charge in [0.25, 0.3) is 0 Å². The topological polar surface area (TPSA) is 72.4 Å². The molecule has 2 atom stereocenters. The molecule has 150 valence electrons. The molecule has 1 fully saturated rings. The van der Waals surface area contributed by atoms with Gasteiger partial charge < -0.3 is 24.4 Å². The van der Waals surface area contributed by atoms with E-state index in [4.69, 9.17) is 19.2 Å². The molecule has 0 saturated carbocycles. The van der Waals surface area contributed by atoms with Gasteiger partial charge in [0.15, 0.2) is 17.5 Å². The van der Waals surface area contributed by atoms with Crippen LogP contribution in [0.2, 0.25) is 0 Å². The van der Waals surface area contributed by atoms with Crippen LogP contribution in [0.4, 0.5) is 0 Å². The van der Waals surface area contributed by atoms with Crippen molar-refractivity contribution in [3.63, 3.8) is 0 Å². The minimum atomic E-state index is -0.157. The van der Waals surface area contributed by atoms with Gasteiger partial charge >= 0.3 is 5.97 Å². The van der Waals surface area contributed by atoms with E-state index in [-0.39, 0.29) is 48.6 Å². The molecule has 0 aliphatic carbocycles. The summed E-state index contributed by atoms with van der Waals surface area (Å²) in [5.41, 5.74) is 1.02. The Bertz CT molecular complexity index is 716. The Morgan fingerprint density at radius 3 is 2.89 bits per heavy atom. The third kappa shape index (κ3) is 4.98. The number of guanidine groups is 1. The van der Waals surface area contributed by atoms with E-state index in [0.717, 1.165) is 40.6 Å². The van der Waals surface area contributed by atoms with Gasteiger partial charge in [-0.25, -0.2) is 4.99 Å². The Hall–Kier alpha value is -1.23. The first-order valence-electron chi connectivity index (χ1n) is 8.72. The molecule has 1 aromatic carbocycles. The highest BCUT2D eigenvalue weighted by Crippen LogP contribution is 2.40. The zero-order valence-electron chi connectivity index (χ0n) is 15.7. The minimum absolute atomic E-state index is 0. The summed E-state index contributed by atoms with van der Waals surface area (Å²) >= 11 is 3.51. The van der Waals surface area contributed by atoms with Gasteiger partial charge in [-0.3, -0.25) is 4.79 Å². The maximum absolute atomic E-state index is 11.9. The van der Waals surface area contributed by atoms with E-state index in [1.54, 1.807) is 0 Å². The highest BCUT2D eigenvalue weighted by atomic mass is 127. The summed E-state index contributed by atoms with van der Waals surface area (Å²) in [4.78, 5) is 18.8. The molecule has 1 aromatic rings. The first kappa shape index (κ1) is 22.1. The zero-order valence-corrected chi connectivity index (χ0v) is 19.6. The van der Waals surface area contributed by atoms with Crippen LogP contribution in [0.5, 0.6) is 11.5 Å². The largest absolute Gasteiger partial charge is 0.469 e. The zero-order chi connectivity index (χ0) is 18.7. The number of carbonyl (C=O) groups excluding carboxylic acids is 1. The monoisotopic (exact) mass is 553 g/mol. The standard InChI is InChI=1S/C18H24BrN3O4.HI/c1-4-20-18(22-8-11(2)13(9-22)17(23)24-3)21-7-12-5-14(19)16-15(6-12)25-10-26-16;/h5-6,11,13H,4,7-10H2,1-3H3,(H,20,21);1H. The molecule has 0 radical (unpaired) electrons. The summed E-state index contributed by atoms with van der Waals surface area (Å²) in [6.07, 6.45) is 0. The molecule has 9 heteroatoms. The average Bonchev–Trinajstić information content (AvgIpc) is 3.24. The normalized spacial score (nSPS) is 21.0. The number of aliphatic imine (C=N–C) groups is 1. The third-order valence-electron chi connectivity index (χ3n) is 4.65. The second kappa shape index (κ2) is 9.81. The van der Waals surface area contributed by atoms with Gasteiger partial charge in [-0.1, -0.05) is 6.92 Å². The summed E-state index contributed by atoms with van der Waals surface area (Å²) in [6, 6.07) is 3.94. The average molecular weight is 554 g/mol. The smallest absolute Gasteiger partial charge is 0.310 e. The molecule has 3 rings (SSSR count). The second-order valence-corrected chi connectivity index (χ2v) is 7.35. The third-order valence-corrected chi connectivity index (χ3v) is 5.24. The number of likely N-dealkylation sites (tertiary alicyclic amines) is 1. The number of carbonyl (C=O) groups is 1. The van der Waals surface area contributed by atoms with E-state index in [9.17, 15) is 4.79 Å². The first-order chi connectivity index (χ1) is 12.5. The summed E-state index contributed by atoms with van der Waals surface area (Å²) in [5.74, 6) is 2.22. The molecule has 0 bridgehead atoms. The van der Waals surface area contributed by atoms with E-state index in [0.29, 0.717) is 13.1 Å². The number of fused-ring (bicyclic) bond motifs is 1. The summed E-state index contributed by atoms with van der Waals surface area (Å²) in [5, 5.41) is 3.32. The molecular weight excluding hydrogens is 529 g/mol. The van der Waals surface area contributed by atoms with Crippen LogP contribution in [0.15, 0.2) is 21.6 Å². The van der Waals surface area contributed by atoms with Gasteiger partial charge in [0.05, 0.1) is 24.0 Å². The number of hydrogen-bond acceptors (Lipinski definition) is 5. The fourth-order valence-corrected chi connectivity index (χ4v) is 3.91. The van der Waals surface area contributed by atoms with Crippen LogP contribution < -0.4 is 14.8 Å². The van der Waals surface area contributed by atoms with Crippen LogP contribution in [-0.2, 0) is 16.1 Å². The lowest BCUT2D eigenvalue weighted by atomic mass is 9.99. The van der Waals surface area contributed by atoms with Gasteiger partial charge in [0.2, 0.25) is 6.79 Å². The van der Waals surface area contributed by atoms with Crippen LogP contribution in [0.25, 0.3) is 0 Å². The Kier molecular flexibility index (Phi) is 8.02. The molecule has 1 saturated heterocycles. The van der Waals surface area contributed by atoms with Crippen molar-refractivity contribution in [2.75, 3.05) is 33.5 Å². The Labute approximate surface area is 185 Å². The molecule has 0 amide bonds. The van der Waals surface area contributed by atoms with E-state index < -0.39 is 0 Å². The fourth-order valence-electron chi connectivity index (χ4n) is 3.30. The molecule has 7 nitrogen and oxygen atoms in total. The molecule has 2 aliphatic rings. The van der Waals surface area contributed by atoms with Crippen molar-refractivity contribution in [1.29, 1.82) is 0 Å². The van der Waals surface area contributed by atoms with Gasteiger partial charge in [0, 0.05) is 19.6 Å². The minimum Gasteiger partial charge on any atom is -0.469 e. The molecular formula is C18H25BrIN3O4. The highest BCUT2D eigenvalue weighted by molar-refractivity contribution is 14.0. The SMILES string of the molecule is CCNC(=NCc1cc(Br)c2c(c1)OCO2)N1CC(C)C(C(=O)OC)C1.I.